The predicted octanol–water partition coefficient (Wildman–Crippen LogP) is 4.66. The van der Waals surface area contributed by atoms with E-state index < -0.39 is 0 Å². The largest absolute Gasteiger partial charge is 0.312 e. The molecule has 1 aliphatic rings. The molecule has 0 saturated carbocycles. The highest BCUT2D eigenvalue weighted by Gasteiger charge is 2.23. The fraction of sp³-hybridized carbons (Fsp3) is 0.167. The standard InChI is InChI=1S/C24H22N2O2/c27-23-12-7-17-25(23)22-15-13-20(14-16-22)24(28)26(21-10-5-2-6-11-21)18-19-8-3-1-4-9-19/h1-6,8-11,13-16H,7,12,17-18H2. The molecule has 0 bridgehead atoms. The van der Waals surface area contributed by atoms with Crippen molar-refractivity contribution in [1.82, 2.24) is 0 Å². The number of rotatable bonds is 5. The molecule has 3 aromatic rings. The van der Waals surface area contributed by atoms with E-state index in [9.17, 15) is 9.59 Å². The van der Waals surface area contributed by atoms with E-state index in [0.29, 0.717) is 18.5 Å². The lowest BCUT2D eigenvalue weighted by atomic mass is 10.1. The Balaban J connectivity index is 1.60. The molecule has 0 N–H and O–H groups in total. The van der Waals surface area contributed by atoms with E-state index >= 15 is 0 Å². The van der Waals surface area contributed by atoms with Crippen LogP contribution in [0.25, 0.3) is 0 Å². The van der Waals surface area contributed by atoms with Crippen LogP contribution >= 0.6 is 0 Å². The molecule has 4 nitrogen and oxygen atoms in total. The van der Waals surface area contributed by atoms with Crippen molar-refractivity contribution in [2.45, 2.75) is 19.4 Å². The summed E-state index contributed by atoms with van der Waals surface area (Å²) in [6.07, 6.45) is 1.48. The van der Waals surface area contributed by atoms with Crippen LogP contribution < -0.4 is 9.80 Å². The number of para-hydroxylation sites is 1. The van der Waals surface area contributed by atoms with Gasteiger partial charge in [0.2, 0.25) is 5.91 Å². The number of nitrogens with zero attached hydrogens (tertiary/aromatic N) is 2. The average Bonchev–Trinajstić information content (AvgIpc) is 3.19. The minimum atomic E-state index is -0.0608. The van der Waals surface area contributed by atoms with Gasteiger partial charge in [0, 0.05) is 29.9 Å². The third kappa shape index (κ3) is 3.81. The summed E-state index contributed by atoms with van der Waals surface area (Å²) in [5, 5.41) is 0. The molecule has 4 rings (SSSR count). The first-order valence-electron chi connectivity index (χ1n) is 9.53. The number of amides is 2. The summed E-state index contributed by atoms with van der Waals surface area (Å²) in [6.45, 7) is 1.24. The van der Waals surface area contributed by atoms with Crippen LogP contribution in [0.5, 0.6) is 0 Å². The van der Waals surface area contributed by atoms with E-state index in [0.717, 1.165) is 29.9 Å². The molecule has 0 spiro atoms. The van der Waals surface area contributed by atoms with Gasteiger partial charge in [0.25, 0.3) is 5.91 Å². The van der Waals surface area contributed by atoms with Crippen molar-refractivity contribution in [3.8, 4) is 0 Å². The van der Waals surface area contributed by atoms with Crippen molar-refractivity contribution in [3.63, 3.8) is 0 Å². The van der Waals surface area contributed by atoms with E-state index in [1.54, 1.807) is 9.80 Å². The third-order valence-corrected chi connectivity index (χ3v) is 5.00. The van der Waals surface area contributed by atoms with Crippen molar-refractivity contribution in [2.75, 3.05) is 16.3 Å². The van der Waals surface area contributed by atoms with Crippen molar-refractivity contribution >= 4 is 23.2 Å². The van der Waals surface area contributed by atoms with Crippen molar-refractivity contribution in [1.29, 1.82) is 0 Å². The summed E-state index contributed by atoms with van der Waals surface area (Å²) in [5.41, 5.74) is 3.39. The first-order valence-corrected chi connectivity index (χ1v) is 9.53. The first-order chi connectivity index (χ1) is 13.7. The van der Waals surface area contributed by atoms with E-state index in [1.165, 1.54) is 0 Å². The lowest BCUT2D eigenvalue weighted by Gasteiger charge is -2.24. The van der Waals surface area contributed by atoms with Crippen LogP contribution in [0.1, 0.15) is 28.8 Å². The zero-order valence-corrected chi connectivity index (χ0v) is 15.6. The topological polar surface area (TPSA) is 40.6 Å². The van der Waals surface area contributed by atoms with E-state index in [4.69, 9.17) is 0 Å². The Morgan fingerprint density at radius 3 is 2.11 bits per heavy atom. The molecule has 1 saturated heterocycles. The second-order valence-corrected chi connectivity index (χ2v) is 6.91. The fourth-order valence-corrected chi connectivity index (χ4v) is 3.52. The van der Waals surface area contributed by atoms with Gasteiger partial charge in [-0.25, -0.2) is 0 Å². The van der Waals surface area contributed by atoms with E-state index in [2.05, 4.69) is 0 Å². The van der Waals surface area contributed by atoms with Gasteiger partial charge in [-0.1, -0.05) is 48.5 Å². The molecule has 0 radical (unpaired) electrons. The van der Waals surface area contributed by atoms with Gasteiger partial charge < -0.3 is 9.80 Å². The highest BCUT2D eigenvalue weighted by atomic mass is 16.2. The molecule has 0 aromatic heterocycles. The zero-order chi connectivity index (χ0) is 19.3. The Morgan fingerprint density at radius 2 is 1.50 bits per heavy atom. The Hall–Kier alpha value is -3.40. The molecule has 0 atom stereocenters. The number of carbonyl (C=O) groups is 2. The van der Waals surface area contributed by atoms with E-state index in [1.807, 2.05) is 84.9 Å². The Bertz CT molecular complexity index is 953. The van der Waals surface area contributed by atoms with Crippen LogP contribution in [0.2, 0.25) is 0 Å². The molecule has 0 unspecified atom stereocenters. The molecule has 140 valence electrons. The number of hydrogen-bond donors (Lipinski definition) is 0. The lowest BCUT2D eigenvalue weighted by Crippen LogP contribution is -2.30. The fourth-order valence-electron chi connectivity index (χ4n) is 3.52. The SMILES string of the molecule is O=C1CCCN1c1ccc(C(=O)N(Cc2ccccc2)c2ccccc2)cc1. The van der Waals surface area contributed by atoms with Gasteiger partial charge in [0.1, 0.15) is 0 Å². The number of hydrogen-bond acceptors (Lipinski definition) is 2. The first kappa shape index (κ1) is 18.0. The molecule has 0 aliphatic carbocycles. The second kappa shape index (κ2) is 8.09. The lowest BCUT2D eigenvalue weighted by molar-refractivity contribution is -0.117. The maximum atomic E-state index is 13.3. The van der Waals surface area contributed by atoms with Gasteiger partial charge in [0.15, 0.2) is 0 Å². The summed E-state index contributed by atoms with van der Waals surface area (Å²) in [6, 6.07) is 27.0. The molecule has 2 amide bonds. The molecule has 1 fully saturated rings. The molecular weight excluding hydrogens is 348 g/mol. The maximum Gasteiger partial charge on any atom is 0.258 e. The van der Waals surface area contributed by atoms with Gasteiger partial charge in [0.05, 0.1) is 6.54 Å². The van der Waals surface area contributed by atoms with Crippen LogP contribution in [-0.4, -0.2) is 18.4 Å². The predicted molar refractivity (Wildman–Crippen MR) is 111 cm³/mol. The molecule has 1 aliphatic heterocycles. The van der Waals surface area contributed by atoms with Crippen LogP contribution in [0.15, 0.2) is 84.9 Å². The van der Waals surface area contributed by atoms with E-state index in [-0.39, 0.29) is 11.8 Å². The Morgan fingerprint density at radius 1 is 0.857 bits per heavy atom. The molecule has 4 heteroatoms. The molecule has 3 aromatic carbocycles. The minimum absolute atomic E-state index is 0.0608. The monoisotopic (exact) mass is 370 g/mol. The van der Waals surface area contributed by atoms with Crippen LogP contribution in [0.3, 0.4) is 0 Å². The zero-order valence-electron chi connectivity index (χ0n) is 15.6. The maximum absolute atomic E-state index is 13.3. The highest BCUT2D eigenvalue weighted by Crippen LogP contribution is 2.24. The molecular formula is C24H22N2O2. The Labute approximate surface area is 165 Å². The van der Waals surface area contributed by atoms with Gasteiger partial charge >= 0.3 is 0 Å². The quantitative estimate of drug-likeness (QED) is 0.655. The average molecular weight is 370 g/mol. The van der Waals surface area contributed by atoms with Crippen LogP contribution in [0.4, 0.5) is 11.4 Å². The molecule has 1 heterocycles. The van der Waals surface area contributed by atoms with Gasteiger partial charge in [-0.15, -0.1) is 0 Å². The van der Waals surface area contributed by atoms with Crippen molar-refractivity contribution in [3.05, 3.63) is 96.1 Å². The summed E-state index contributed by atoms with van der Waals surface area (Å²) >= 11 is 0. The smallest absolute Gasteiger partial charge is 0.258 e. The number of carbonyl (C=O) groups excluding carboxylic acids is 2. The second-order valence-electron chi connectivity index (χ2n) is 6.91. The Kier molecular flexibility index (Phi) is 5.20. The molecule has 28 heavy (non-hydrogen) atoms. The van der Waals surface area contributed by atoms with Crippen molar-refractivity contribution < 1.29 is 9.59 Å². The normalized spacial score (nSPS) is 13.6. The van der Waals surface area contributed by atoms with Crippen LogP contribution in [0, 0.1) is 0 Å². The summed E-state index contributed by atoms with van der Waals surface area (Å²) in [5.74, 6) is 0.0865. The third-order valence-electron chi connectivity index (χ3n) is 5.00. The van der Waals surface area contributed by atoms with Crippen LogP contribution in [-0.2, 0) is 11.3 Å². The van der Waals surface area contributed by atoms with Gasteiger partial charge in [-0.3, -0.25) is 9.59 Å². The highest BCUT2D eigenvalue weighted by molar-refractivity contribution is 6.06. The van der Waals surface area contributed by atoms with Gasteiger partial charge in [-0.2, -0.15) is 0 Å². The van der Waals surface area contributed by atoms with Gasteiger partial charge in [-0.05, 0) is 48.4 Å². The minimum Gasteiger partial charge on any atom is -0.312 e. The number of anilines is 2. The summed E-state index contributed by atoms with van der Waals surface area (Å²) in [7, 11) is 0. The van der Waals surface area contributed by atoms with Crippen molar-refractivity contribution in [2.24, 2.45) is 0 Å². The summed E-state index contributed by atoms with van der Waals surface area (Å²) < 4.78 is 0. The number of benzene rings is 3. The summed E-state index contributed by atoms with van der Waals surface area (Å²) in [4.78, 5) is 28.8.